The molecular weight excluding hydrogens is 462 g/mol. The zero-order chi connectivity index (χ0) is 25.2. The zero-order valence-corrected chi connectivity index (χ0v) is 19.3. The molecule has 0 radical (unpaired) electrons. The molecule has 1 fully saturated rings. The van der Waals surface area contributed by atoms with Crippen LogP contribution >= 0.6 is 0 Å². The monoisotopic (exact) mass is 487 g/mol. The lowest BCUT2D eigenvalue weighted by Crippen LogP contribution is -2.31. The van der Waals surface area contributed by atoms with Crippen LogP contribution in [-0.2, 0) is 0 Å². The Balaban J connectivity index is 1.39. The highest BCUT2D eigenvalue weighted by atomic mass is 19.4. The average Bonchev–Trinajstić information content (AvgIpc) is 3.29. The molecule has 1 amide bonds. The van der Waals surface area contributed by atoms with Crippen molar-refractivity contribution >= 4 is 17.3 Å². The van der Waals surface area contributed by atoms with Gasteiger partial charge in [0.1, 0.15) is 11.6 Å². The van der Waals surface area contributed by atoms with E-state index in [-0.39, 0.29) is 5.75 Å². The predicted molar refractivity (Wildman–Crippen MR) is 127 cm³/mol. The highest BCUT2D eigenvalue weighted by Gasteiger charge is 2.31. The number of rotatable bonds is 6. The van der Waals surface area contributed by atoms with Crippen LogP contribution < -0.4 is 15.0 Å². The van der Waals surface area contributed by atoms with E-state index >= 15 is 0 Å². The molecule has 9 heteroatoms. The van der Waals surface area contributed by atoms with Crippen molar-refractivity contribution in [1.29, 1.82) is 0 Å². The van der Waals surface area contributed by atoms with Crippen molar-refractivity contribution in [2.24, 2.45) is 0 Å². The number of alkyl halides is 3. The fourth-order valence-electron chi connectivity index (χ4n) is 4.09. The highest BCUT2D eigenvalue weighted by molar-refractivity contribution is 6.04. The van der Waals surface area contributed by atoms with Crippen molar-refractivity contribution in [2.75, 3.05) is 37.4 Å². The van der Waals surface area contributed by atoms with Crippen LogP contribution in [0.25, 0.3) is 11.1 Å². The Bertz CT molecular complexity index is 1180. The zero-order valence-electron chi connectivity index (χ0n) is 19.3. The second kappa shape index (κ2) is 9.95. The number of amides is 1. The van der Waals surface area contributed by atoms with Gasteiger partial charge in [-0.25, -0.2) is 4.39 Å². The molecule has 0 aliphatic carbocycles. The molecule has 184 valence electrons. The summed E-state index contributed by atoms with van der Waals surface area (Å²) in [7, 11) is 4.03. The summed E-state index contributed by atoms with van der Waals surface area (Å²) < 4.78 is 55.6. The van der Waals surface area contributed by atoms with Crippen LogP contribution in [0.15, 0.2) is 66.7 Å². The first-order valence-corrected chi connectivity index (χ1v) is 11.1. The molecule has 1 aliphatic rings. The van der Waals surface area contributed by atoms with E-state index in [2.05, 4.69) is 15.0 Å². The van der Waals surface area contributed by atoms with Gasteiger partial charge in [-0.05, 0) is 74.1 Å². The van der Waals surface area contributed by atoms with E-state index in [9.17, 15) is 22.4 Å². The van der Waals surface area contributed by atoms with Gasteiger partial charge >= 0.3 is 6.36 Å². The maximum absolute atomic E-state index is 14.8. The maximum Gasteiger partial charge on any atom is 0.573 e. The third-order valence-electron chi connectivity index (χ3n) is 6.01. The molecule has 1 heterocycles. The second-order valence-electron chi connectivity index (χ2n) is 8.62. The van der Waals surface area contributed by atoms with Crippen molar-refractivity contribution in [3.05, 3.63) is 78.1 Å². The van der Waals surface area contributed by atoms with Crippen LogP contribution in [0, 0.1) is 5.82 Å². The minimum Gasteiger partial charge on any atom is -0.406 e. The number of hydrogen-bond acceptors (Lipinski definition) is 4. The fourth-order valence-corrected chi connectivity index (χ4v) is 4.09. The molecule has 0 aromatic heterocycles. The molecular formula is C26H25F4N3O2. The lowest BCUT2D eigenvalue weighted by Gasteiger charge is -2.22. The smallest absolute Gasteiger partial charge is 0.406 e. The molecule has 1 saturated heterocycles. The van der Waals surface area contributed by atoms with Gasteiger partial charge in [0.2, 0.25) is 0 Å². The number of carbonyl (C=O) groups is 1. The van der Waals surface area contributed by atoms with E-state index in [0.717, 1.165) is 25.1 Å². The number of halogens is 4. The van der Waals surface area contributed by atoms with Gasteiger partial charge in [-0.15, -0.1) is 13.2 Å². The van der Waals surface area contributed by atoms with E-state index in [1.54, 1.807) is 36.4 Å². The molecule has 35 heavy (non-hydrogen) atoms. The SMILES string of the molecule is CN(C)C1CCN(c2ccc(NC(=O)c3ccc(-c4ccc(OC(F)(F)F)cc4)cc3)cc2F)C1. The molecule has 0 bridgehead atoms. The summed E-state index contributed by atoms with van der Waals surface area (Å²) in [6, 6.07) is 17.1. The Kier molecular flexibility index (Phi) is 6.98. The second-order valence-corrected chi connectivity index (χ2v) is 8.62. The summed E-state index contributed by atoms with van der Waals surface area (Å²) in [6.07, 6.45) is -3.78. The Hall–Kier alpha value is -3.59. The van der Waals surface area contributed by atoms with E-state index in [1.807, 2.05) is 19.0 Å². The van der Waals surface area contributed by atoms with Crippen LogP contribution in [0.1, 0.15) is 16.8 Å². The summed E-state index contributed by atoms with van der Waals surface area (Å²) in [4.78, 5) is 16.8. The Morgan fingerprint density at radius 2 is 1.63 bits per heavy atom. The van der Waals surface area contributed by atoms with Crippen molar-refractivity contribution < 1.29 is 27.1 Å². The van der Waals surface area contributed by atoms with Gasteiger partial charge in [-0.3, -0.25) is 4.79 Å². The summed E-state index contributed by atoms with van der Waals surface area (Å²) in [6.45, 7) is 1.52. The Labute approximate surface area is 200 Å². The van der Waals surface area contributed by atoms with E-state index in [1.165, 1.54) is 30.3 Å². The molecule has 1 N–H and O–H groups in total. The summed E-state index contributed by atoms with van der Waals surface area (Å²) >= 11 is 0. The lowest BCUT2D eigenvalue weighted by atomic mass is 10.0. The van der Waals surface area contributed by atoms with Crippen LogP contribution in [0.4, 0.5) is 28.9 Å². The number of carbonyl (C=O) groups excluding carboxylic acids is 1. The number of nitrogens with one attached hydrogen (secondary N) is 1. The molecule has 1 atom stereocenters. The minimum atomic E-state index is -4.75. The molecule has 0 saturated carbocycles. The van der Waals surface area contributed by atoms with Gasteiger partial charge in [-0.2, -0.15) is 0 Å². The number of likely N-dealkylation sites (N-methyl/N-ethyl adjacent to an activating group) is 1. The Morgan fingerprint density at radius 1 is 1.00 bits per heavy atom. The number of benzene rings is 3. The van der Waals surface area contributed by atoms with E-state index in [4.69, 9.17) is 0 Å². The highest BCUT2D eigenvalue weighted by Crippen LogP contribution is 2.29. The molecule has 1 unspecified atom stereocenters. The van der Waals surface area contributed by atoms with Crippen LogP contribution in [-0.4, -0.2) is 50.4 Å². The van der Waals surface area contributed by atoms with Crippen LogP contribution in [0.2, 0.25) is 0 Å². The predicted octanol–water partition coefficient (Wildman–Crippen LogP) is 5.78. The van der Waals surface area contributed by atoms with Crippen molar-refractivity contribution in [3.63, 3.8) is 0 Å². The lowest BCUT2D eigenvalue weighted by molar-refractivity contribution is -0.274. The minimum absolute atomic E-state index is 0.308. The normalized spacial score (nSPS) is 16.0. The third-order valence-corrected chi connectivity index (χ3v) is 6.01. The number of anilines is 2. The molecule has 5 nitrogen and oxygen atoms in total. The van der Waals surface area contributed by atoms with E-state index in [0.29, 0.717) is 28.5 Å². The first-order chi connectivity index (χ1) is 16.6. The summed E-state index contributed by atoms with van der Waals surface area (Å²) in [5.74, 6) is -1.10. The largest absolute Gasteiger partial charge is 0.573 e. The van der Waals surface area contributed by atoms with Crippen molar-refractivity contribution in [1.82, 2.24) is 4.90 Å². The molecule has 0 spiro atoms. The summed E-state index contributed by atoms with van der Waals surface area (Å²) in [5, 5.41) is 2.70. The molecule has 3 aromatic carbocycles. The first-order valence-electron chi connectivity index (χ1n) is 11.1. The molecule has 1 aliphatic heterocycles. The summed E-state index contributed by atoms with van der Waals surface area (Å²) in [5.41, 5.74) is 2.62. The first kappa shape index (κ1) is 24.5. The fraction of sp³-hybridized carbons (Fsp3) is 0.269. The third kappa shape index (κ3) is 6.10. The quantitative estimate of drug-likeness (QED) is 0.448. The van der Waals surface area contributed by atoms with Gasteiger partial charge in [0, 0.05) is 30.4 Å². The van der Waals surface area contributed by atoms with Crippen molar-refractivity contribution in [3.8, 4) is 16.9 Å². The number of nitrogens with zero attached hydrogens (tertiary/aromatic N) is 2. The maximum atomic E-state index is 14.8. The Morgan fingerprint density at radius 3 is 2.17 bits per heavy atom. The number of ether oxygens (including phenoxy) is 1. The van der Waals surface area contributed by atoms with Gasteiger partial charge in [0.05, 0.1) is 5.69 Å². The van der Waals surface area contributed by atoms with Crippen LogP contribution in [0.5, 0.6) is 5.75 Å². The van der Waals surface area contributed by atoms with Gasteiger partial charge in [0.15, 0.2) is 0 Å². The topological polar surface area (TPSA) is 44.8 Å². The molecule has 4 rings (SSSR count). The van der Waals surface area contributed by atoms with Gasteiger partial charge < -0.3 is 19.9 Å². The molecule has 3 aromatic rings. The van der Waals surface area contributed by atoms with Gasteiger partial charge in [0.25, 0.3) is 5.91 Å². The average molecular weight is 487 g/mol. The van der Waals surface area contributed by atoms with Crippen LogP contribution in [0.3, 0.4) is 0 Å². The standard InChI is InChI=1S/C26H25F4N3O2/c1-32(2)21-13-14-33(16-21)24-12-9-20(15-23(24)27)31-25(34)19-5-3-17(4-6-19)18-7-10-22(11-8-18)35-26(28,29)30/h3-12,15,21H,13-14,16H2,1-2H3,(H,31,34). The van der Waals surface area contributed by atoms with Gasteiger partial charge in [-0.1, -0.05) is 24.3 Å². The van der Waals surface area contributed by atoms with Crippen molar-refractivity contribution in [2.45, 2.75) is 18.8 Å². The number of hydrogen-bond donors (Lipinski definition) is 1. The van der Waals surface area contributed by atoms with E-state index < -0.39 is 18.1 Å².